The number of aryl methyl sites for hydroxylation is 1. The van der Waals surface area contributed by atoms with Crippen LogP contribution in [0.15, 0.2) is 53.4 Å². The van der Waals surface area contributed by atoms with Crippen LogP contribution in [0.4, 0.5) is 0 Å². The highest BCUT2D eigenvalue weighted by Gasteiger charge is 2.29. The zero-order valence-electron chi connectivity index (χ0n) is 15.3. The van der Waals surface area contributed by atoms with Gasteiger partial charge in [-0.2, -0.15) is 4.31 Å². The van der Waals surface area contributed by atoms with Crippen LogP contribution in [0.1, 0.15) is 24.0 Å². The number of sulfonamides is 1. The summed E-state index contributed by atoms with van der Waals surface area (Å²) in [7, 11) is -3.83. The summed E-state index contributed by atoms with van der Waals surface area (Å²) < 4.78 is 27.7. The minimum Gasteiger partial charge on any atom is -0.342 e. The van der Waals surface area contributed by atoms with Crippen LogP contribution in [-0.2, 0) is 21.4 Å². The van der Waals surface area contributed by atoms with Gasteiger partial charge in [0.15, 0.2) is 0 Å². The predicted octanol–water partition coefficient (Wildman–Crippen LogP) is 3.46. The van der Waals surface area contributed by atoms with Crippen molar-refractivity contribution in [2.75, 3.05) is 19.6 Å². The summed E-state index contributed by atoms with van der Waals surface area (Å²) in [5, 5.41) is 0.465. The second kappa shape index (κ2) is 8.42. The van der Waals surface area contributed by atoms with Gasteiger partial charge in [-0.25, -0.2) is 8.42 Å². The summed E-state index contributed by atoms with van der Waals surface area (Å²) in [6.07, 6.45) is 1.93. The SMILES string of the molecule is Cc1ccccc1CN(CC(=O)N1CCCC1)S(=O)(=O)c1ccc(Cl)cc1. The lowest BCUT2D eigenvalue weighted by Gasteiger charge is -2.25. The highest BCUT2D eigenvalue weighted by molar-refractivity contribution is 7.89. The number of amides is 1. The van der Waals surface area contributed by atoms with E-state index in [9.17, 15) is 13.2 Å². The summed E-state index contributed by atoms with van der Waals surface area (Å²) in [4.78, 5) is 14.5. The standard InChI is InChI=1S/C20H23ClN2O3S/c1-16-6-2-3-7-17(16)14-23(15-20(24)22-12-4-5-13-22)27(25,26)19-10-8-18(21)9-11-19/h2-3,6-11H,4-5,12-15H2,1H3. The van der Waals surface area contributed by atoms with Crippen molar-refractivity contribution < 1.29 is 13.2 Å². The zero-order valence-corrected chi connectivity index (χ0v) is 16.8. The van der Waals surface area contributed by atoms with Crippen molar-refractivity contribution in [3.05, 3.63) is 64.7 Å². The number of hydrogen-bond donors (Lipinski definition) is 0. The number of likely N-dealkylation sites (tertiary alicyclic amines) is 1. The Kier molecular flexibility index (Phi) is 6.19. The number of nitrogens with zero attached hydrogens (tertiary/aromatic N) is 2. The van der Waals surface area contributed by atoms with Crippen LogP contribution in [0.25, 0.3) is 0 Å². The van der Waals surface area contributed by atoms with E-state index in [1.165, 1.54) is 16.4 Å². The largest absolute Gasteiger partial charge is 0.342 e. The molecule has 0 aliphatic carbocycles. The Balaban J connectivity index is 1.91. The molecular formula is C20H23ClN2O3S. The fourth-order valence-corrected chi connectivity index (χ4v) is 4.67. The summed E-state index contributed by atoms with van der Waals surface area (Å²) >= 11 is 5.89. The average Bonchev–Trinajstić information content (AvgIpc) is 3.18. The lowest BCUT2D eigenvalue weighted by atomic mass is 10.1. The van der Waals surface area contributed by atoms with Gasteiger partial charge >= 0.3 is 0 Å². The first-order valence-corrected chi connectivity index (χ1v) is 10.8. The van der Waals surface area contributed by atoms with Gasteiger partial charge in [-0.1, -0.05) is 35.9 Å². The van der Waals surface area contributed by atoms with E-state index in [0.29, 0.717) is 18.1 Å². The molecule has 1 amide bonds. The Morgan fingerprint density at radius 2 is 1.70 bits per heavy atom. The molecule has 1 heterocycles. The van der Waals surface area contributed by atoms with E-state index in [1.54, 1.807) is 17.0 Å². The quantitative estimate of drug-likeness (QED) is 0.738. The van der Waals surface area contributed by atoms with Gasteiger partial charge in [-0.05, 0) is 55.2 Å². The molecule has 1 aliphatic heterocycles. The lowest BCUT2D eigenvalue weighted by molar-refractivity contribution is -0.130. The Morgan fingerprint density at radius 1 is 1.07 bits per heavy atom. The monoisotopic (exact) mass is 406 g/mol. The molecule has 5 nitrogen and oxygen atoms in total. The fraction of sp³-hybridized carbons (Fsp3) is 0.350. The molecule has 0 N–H and O–H groups in total. The number of hydrogen-bond acceptors (Lipinski definition) is 3. The highest BCUT2D eigenvalue weighted by Crippen LogP contribution is 2.22. The summed E-state index contributed by atoms with van der Waals surface area (Å²) in [5.41, 5.74) is 1.87. The molecule has 2 aromatic rings. The van der Waals surface area contributed by atoms with Crippen molar-refractivity contribution in [2.45, 2.75) is 31.2 Å². The van der Waals surface area contributed by atoms with Crippen LogP contribution in [0, 0.1) is 6.92 Å². The van der Waals surface area contributed by atoms with E-state index >= 15 is 0 Å². The second-order valence-electron chi connectivity index (χ2n) is 6.74. The van der Waals surface area contributed by atoms with Gasteiger partial charge in [0.2, 0.25) is 15.9 Å². The maximum atomic E-state index is 13.2. The van der Waals surface area contributed by atoms with Gasteiger partial charge in [-0.15, -0.1) is 0 Å². The van der Waals surface area contributed by atoms with Crippen LogP contribution in [-0.4, -0.2) is 43.2 Å². The van der Waals surface area contributed by atoms with Gasteiger partial charge in [-0.3, -0.25) is 4.79 Å². The average molecular weight is 407 g/mol. The third-order valence-electron chi connectivity index (χ3n) is 4.83. The molecule has 0 spiro atoms. The normalized spacial score (nSPS) is 14.7. The first kappa shape index (κ1) is 19.9. The molecule has 7 heteroatoms. The smallest absolute Gasteiger partial charge is 0.243 e. The molecule has 1 aliphatic rings. The third kappa shape index (κ3) is 4.69. The zero-order chi connectivity index (χ0) is 19.4. The molecular weight excluding hydrogens is 384 g/mol. The van der Waals surface area contributed by atoms with E-state index in [0.717, 1.165) is 24.0 Å². The lowest BCUT2D eigenvalue weighted by Crippen LogP contribution is -2.41. The summed E-state index contributed by atoms with van der Waals surface area (Å²) in [6.45, 7) is 3.30. The predicted molar refractivity (Wildman–Crippen MR) is 106 cm³/mol. The second-order valence-corrected chi connectivity index (χ2v) is 9.12. The number of carbonyl (C=O) groups excluding carboxylic acids is 1. The number of carbonyl (C=O) groups is 1. The van der Waals surface area contributed by atoms with E-state index < -0.39 is 10.0 Å². The molecule has 1 saturated heterocycles. The summed E-state index contributed by atoms with van der Waals surface area (Å²) in [5.74, 6) is -0.154. The molecule has 144 valence electrons. The number of rotatable bonds is 6. The Labute approximate surface area is 165 Å². The van der Waals surface area contributed by atoms with Crippen LogP contribution < -0.4 is 0 Å². The minimum atomic E-state index is -3.83. The van der Waals surface area contributed by atoms with E-state index in [-0.39, 0.29) is 23.9 Å². The Hall–Kier alpha value is -1.89. The van der Waals surface area contributed by atoms with Crippen LogP contribution in [0.2, 0.25) is 5.02 Å². The molecule has 3 rings (SSSR count). The Morgan fingerprint density at radius 3 is 2.33 bits per heavy atom. The molecule has 0 bridgehead atoms. The molecule has 2 aromatic carbocycles. The van der Waals surface area contributed by atoms with Gasteiger partial charge < -0.3 is 4.90 Å². The van der Waals surface area contributed by atoms with Crippen LogP contribution in [0.5, 0.6) is 0 Å². The molecule has 0 aromatic heterocycles. The first-order valence-electron chi connectivity index (χ1n) is 8.96. The van der Waals surface area contributed by atoms with Gasteiger partial charge in [0.25, 0.3) is 0 Å². The van der Waals surface area contributed by atoms with Crippen LogP contribution >= 0.6 is 11.6 Å². The highest BCUT2D eigenvalue weighted by atomic mass is 35.5. The number of benzene rings is 2. The summed E-state index contributed by atoms with van der Waals surface area (Å²) in [6, 6.07) is 13.6. The molecule has 27 heavy (non-hydrogen) atoms. The van der Waals surface area contributed by atoms with E-state index in [4.69, 9.17) is 11.6 Å². The van der Waals surface area contributed by atoms with Crippen molar-refractivity contribution >= 4 is 27.5 Å². The first-order chi connectivity index (χ1) is 12.9. The van der Waals surface area contributed by atoms with Crippen molar-refractivity contribution in [3.8, 4) is 0 Å². The molecule has 0 radical (unpaired) electrons. The van der Waals surface area contributed by atoms with Crippen LogP contribution in [0.3, 0.4) is 0 Å². The van der Waals surface area contributed by atoms with Crippen molar-refractivity contribution in [1.82, 2.24) is 9.21 Å². The van der Waals surface area contributed by atoms with E-state index in [1.807, 2.05) is 31.2 Å². The third-order valence-corrected chi connectivity index (χ3v) is 6.89. The molecule has 0 atom stereocenters. The maximum Gasteiger partial charge on any atom is 0.243 e. The van der Waals surface area contributed by atoms with Gasteiger partial charge in [0.05, 0.1) is 11.4 Å². The fourth-order valence-electron chi connectivity index (χ4n) is 3.18. The topological polar surface area (TPSA) is 57.7 Å². The molecule has 1 fully saturated rings. The number of halogens is 1. The van der Waals surface area contributed by atoms with Gasteiger partial charge in [0.1, 0.15) is 0 Å². The molecule has 0 unspecified atom stereocenters. The van der Waals surface area contributed by atoms with Crippen molar-refractivity contribution in [3.63, 3.8) is 0 Å². The van der Waals surface area contributed by atoms with Gasteiger partial charge in [0, 0.05) is 24.7 Å². The molecule has 0 saturated carbocycles. The minimum absolute atomic E-state index is 0.134. The van der Waals surface area contributed by atoms with Crippen molar-refractivity contribution in [2.24, 2.45) is 0 Å². The van der Waals surface area contributed by atoms with Crippen molar-refractivity contribution in [1.29, 1.82) is 0 Å². The Bertz CT molecular complexity index is 907. The maximum absolute atomic E-state index is 13.2. The van der Waals surface area contributed by atoms with E-state index in [2.05, 4.69) is 0 Å².